The van der Waals surface area contributed by atoms with Gasteiger partial charge in [0.1, 0.15) is 0 Å². The first kappa shape index (κ1) is 24.2. The van der Waals surface area contributed by atoms with Crippen molar-refractivity contribution in [2.45, 2.75) is 57.9 Å². The van der Waals surface area contributed by atoms with Crippen LogP contribution in [0.1, 0.15) is 61.7 Å². The van der Waals surface area contributed by atoms with E-state index in [2.05, 4.69) is 15.6 Å². The number of amides is 3. The maximum atomic E-state index is 13.2. The Hall–Kier alpha value is -2.94. The van der Waals surface area contributed by atoms with Crippen LogP contribution in [0.15, 0.2) is 18.5 Å². The minimum Gasteiger partial charge on any atom is -0.383 e. The van der Waals surface area contributed by atoms with Crippen LogP contribution in [0.4, 0.5) is 5.69 Å². The number of aromatic nitrogens is 2. The van der Waals surface area contributed by atoms with Crippen LogP contribution in [0.25, 0.3) is 11.0 Å². The molecule has 2 heterocycles. The lowest BCUT2D eigenvalue weighted by Crippen LogP contribution is -2.31. The Labute approximate surface area is 200 Å². The van der Waals surface area contributed by atoms with Crippen LogP contribution in [-0.4, -0.2) is 65.5 Å². The molecule has 2 aromatic rings. The molecule has 3 amide bonds. The van der Waals surface area contributed by atoms with Crippen molar-refractivity contribution in [1.82, 2.24) is 19.8 Å². The molecule has 1 saturated heterocycles. The number of anilines is 1. The summed E-state index contributed by atoms with van der Waals surface area (Å²) in [6.07, 6.45) is 9.09. The predicted octanol–water partition coefficient (Wildman–Crippen LogP) is 2.94. The van der Waals surface area contributed by atoms with Crippen molar-refractivity contribution >= 4 is 34.4 Å². The third-order valence-electron chi connectivity index (χ3n) is 6.80. The Morgan fingerprint density at radius 3 is 2.71 bits per heavy atom. The van der Waals surface area contributed by atoms with Gasteiger partial charge < -0.3 is 24.8 Å². The molecule has 0 bridgehead atoms. The van der Waals surface area contributed by atoms with Gasteiger partial charge in [-0.05, 0) is 37.8 Å². The first-order valence-corrected chi connectivity index (χ1v) is 12.4. The molecule has 1 aromatic carbocycles. The van der Waals surface area contributed by atoms with Crippen LogP contribution < -0.4 is 10.6 Å². The lowest BCUT2D eigenvalue weighted by atomic mass is 9.88. The van der Waals surface area contributed by atoms with Crippen LogP contribution in [-0.2, 0) is 20.9 Å². The number of nitrogens with zero attached hydrogens (tertiary/aromatic N) is 3. The summed E-state index contributed by atoms with van der Waals surface area (Å²) in [4.78, 5) is 44.1. The predicted molar refractivity (Wildman–Crippen MR) is 130 cm³/mol. The number of rotatable bonds is 10. The summed E-state index contributed by atoms with van der Waals surface area (Å²) in [6, 6.07) is 3.57. The number of hydrogen-bond acceptors (Lipinski definition) is 5. The van der Waals surface area contributed by atoms with E-state index >= 15 is 0 Å². The summed E-state index contributed by atoms with van der Waals surface area (Å²) >= 11 is 0. The molecule has 2 fully saturated rings. The zero-order valence-corrected chi connectivity index (χ0v) is 20.0. The molecular formula is C25H35N5O4. The lowest BCUT2D eigenvalue weighted by Gasteiger charge is -2.21. The van der Waals surface area contributed by atoms with Crippen molar-refractivity contribution in [1.29, 1.82) is 0 Å². The number of benzene rings is 1. The minimum absolute atomic E-state index is 0.0134. The second-order valence-corrected chi connectivity index (χ2v) is 9.24. The SMILES string of the molecule is COCCn1cnc2cc(NC(=O)C3CCCCC3)cc(C(=O)NCCCN3CCCC3=O)c21. The van der Waals surface area contributed by atoms with Crippen LogP contribution in [0, 0.1) is 5.92 Å². The molecule has 9 heteroatoms. The largest absolute Gasteiger partial charge is 0.383 e. The topological polar surface area (TPSA) is 106 Å². The zero-order valence-electron chi connectivity index (χ0n) is 20.0. The summed E-state index contributed by atoms with van der Waals surface area (Å²) in [7, 11) is 1.64. The molecule has 1 aliphatic heterocycles. The van der Waals surface area contributed by atoms with E-state index in [9.17, 15) is 14.4 Å². The van der Waals surface area contributed by atoms with Gasteiger partial charge in [-0.1, -0.05) is 19.3 Å². The van der Waals surface area contributed by atoms with Gasteiger partial charge in [0.15, 0.2) is 0 Å². The quantitative estimate of drug-likeness (QED) is 0.521. The highest BCUT2D eigenvalue weighted by Crippen LogP contribution is 2.27. The van der Waals surface area contributed by atoms with Gasteiger partial charge in [0.25, 0.3) is 5.91 Å². The maximum absolute atomic E-state index is 13.2. The highest BCUT2D eigenvalue weighted by Gasteiger charge is 2.23. The number of methoxy groups -OCH3 is 1. The molecule has 0 unspecified atom stereocenters. The highest BCUT2D eigenvalue weighted by atomic mass is 16.5. The fourth-order valence-corrected chi connectivity index (χ4v) is 4.93. The van der Waals surface area contributed by atoms with E-state index in [0.717, 1.165) is 44.2 Å². The van der Waals surface area contributed by atoms with E-state index in [1.807, 2.05) is 15.5 Å². The molecule has 2 aliphatic rings. The van der Waals surface area contributed by atoms with Gasteiger partial charge in [-0.3, -0.25) is 14.4 Å². The summed E-state index contributed by atoms with van der Waals surface area (Å²) in [6.45, 7) is 2.98. The van der Waals surface area contributed by atoms with Crippen LogP contribution >= 0.6 is 0 Å². The molecule has 0 spiro atoms. The number of fused-ring (bicyclic) bond motifs is 1. The van der Waals surface area contributed by atoms with E-state index in [-0.39, 0.29) is 23.6 Å². The van der Waals surface area contributed by atoms with Gasteiger partial charge in [0.2, 0.25) is 11.8 Å². The second-order valence-electron chi connectivity index (χ2n) is 9.24. The average molecular weight is 470 g/mol. The van der Waals surface area contributed by atoms with E-state index < -0.39 is 0 Å². The molecule has 0 atom stereocenters. The number of likely N-dealkylation sites (tertiary alicyclic amines) is 1. The van der Waals surface area contributed by atoms with Gasteiger partial charge in [0.05, 0.1) is 29.5 Å². The summed E-state index contributed by atoms with van der Waals surface area (Å²) in [5, 5.41) is 6.01. The molecule has 1 saturated carbocycles. The number of nitrogens with one attached hydrogen (secondary N) is 2. The van der Waals surface area contributed by atoms with Gasteiger partial charge >= 0.3 is 0 Å². The van der Waals surface area contributed by atoms with Crippen molar-refractivity contribution in [2.24, 2.45) is 5.92 Å². The number of imidazole rings is 1. The van der Waals surface area contributed by atoms with Gasteiger partial charge in [-0.2, -0.15) is 0 Å². The molecule has 9 nitrogen and oxygen atoms in total. The monoisotopic (exact) mass is 469 g/mol. The number of carbonyl (C=O) groups excluding carboxylic acids is 3. The van der Waals surface area contributed by atoms with Crippen molar-refractivity contribution in [3.8, 4) is 0 Å². The van der Waals surface area contributed by atoms with Gasteiger partial charge in [0, 0.05) is 51.3 Å². The minimum atomic E-state index is -0.217. The Morgan fingerprint density at radius 1 is 1.15 bits per heavy atom. The van der Waals surface area contributed by atoms with Gasteiger partial charge in [-0.25, -0.2) is 4.98 Å². The third-order valence-corrected chi connectivity index (χ3v) is 6.80. The number of ether oxygens (including phenoxy) is 1. The Bertz CT molecular complexity index is 1030. The van der Waals surface area contributed by atoms with Crippen molar-refractivity contribution in [3.05, 3.63) is 24.0 Å². The van der Waals surface area contributed by atoms with E-state index in [1.54, 1.807) is 19.5 Å². The maximum Gasteiger partial charge on any atom is 0.253 e. The normalized spacial score (nSPS) is 16.9. The average Bonchev–Trinajstić information content (AvgIpc) is 3.46. The van der Waals surface area contributed by atoms with E-state index in [4.69, 9.17) is 4.74 Å². The van der Waals surface area contributed by atoms with Crippen LogP contribution in [0.3, 0.4) is 0 Å². The first-order chi connectivity index (χ1) is 16.6. The second kappa shape index (κ2) is 11.5. The van der Waals surface area contributed by atoms with Crippen LogP contribution in [0.5, 0.6) is 0 Å². The molecule has 34 heavy (non-hydrogen) atoms. The van der Waals surface area contributed by atoms with E-state index in [0.29, 0.717) is 55.9 Å². The standard InChI is InChI=1S/C25H35N5O4/c1-34-14-13-30-17-27-21-16-19(28-24(32)18-7-3-2-4-8-18)15-20(23(21)30)25(33)26-10-6-12-29-11-5-9-22(29)31/h15-18H,2-14H2,1H3,(H,26,33)(H,28,32). The Balaban J connectivity index is 1.49. The summed E-state index contributed by atoms with van der Waals surface area (Å²) in [5.41, 5.74) is 2.44. The smallest absolute Gasteiger partial charge is 0.253 e. The fourth-order valence-electron chi connectivity index (χ4n) is 4.93. The van der Waals surface area contributed by atoms with Crippen molar-refractivity contribution in [2.75, 3.05) is 38.7 Å². The number of hydrogen-bond donors (Lipinski definition) is 2. The van der Waals surface area contributed by atoms with Crippen molar-refractivity contribution in [3.63, 3.8) is 0 Å². The van der Waals surface area contributed by atoms with Gasteiger partial charge in [-0.15, -0.1) is 0 Å². The number of carbonyl (C=O) groups is 3. The van der Waals surface area contributed by atoms with Crippen LogP contribution in [0.2, 0.25) is 0 Å². The first-order valence-electron chi connectivity index (χ1n) is 12.4. The Morgan fingerprint density at radius 2 is 1.97 bits per heavy atom. The molecule has 2 N–H and O–H groups in total. The lowest BCUT2D eigenvalue weighted by molar-refractivity contribution is -0.127. The third kappa shape index (κ3) is 5.75. The summed E-state index contributed by atoms with van der Waals surface area (Å²) < 4.78 is 7.11. The molecule has 1 aromatic heterocycles. The van der Waals surface area contributed by atoms with E-state index in [1.165, 1.54) is 6.42 Å². The molecule has 0 radical (unpaired) electrons. The summed E-state index contributed by atoms with van der Waals surface area (Å²) in [5.74, 6) is 0.0101. The fraction of sp³-hybridized carbons (Fsp3) is 0.600. The molecular weight excluding hydrogens is 434 g/mol. The Kier molecular flexibility index (Phi) is 8.16. The molecule has 184 valence electrons. The molecule has 1 aliphatic carbocycles. The zero-order chi connectivity index (χ0) is 23.9. The highest BCUT2D eigenvalue weighted by molar-refractivity contribution is 6.07. The molecule has 4 rings (SSSR count). The van der Waals surface area contributed by atoms with Crippen molar-refractivity contribution < 1.29 is 19.1 Å².